The molecule has 0 saturated heterocycles. The van der Waals surface area contributed by atoms with Crippen LogP contribution in [0.15, 0.2) is 22.7 Å². The maximum atomic E-state index is 13.3. The molecule has 0 aliphatic heterocycles. The SMILES string of the molecule is CC1(C)C2CCC1(C)C(NCc1cc(F)ccc1Br)C2. The van der Waals surface area contributed by atoms with Crippen LogP contribution in [0.2, 0.25) is 0 Å². The van der Waals surface area contributed by atoms with Crippen molar-refractivity contribution in [2.45, 2.75) is 52.6 Å². The summed E-state index contributed by atoms with van der Waals surface area (Å²) in [5.74, 6) is 0.672. The summed E-state index contributed by atoms with van der Waals surface area (Å²) < 4.78 is 14.3. The third-order valence-electron chi connectivity index (χ3n) is 6.34. The minimum atomic E-state index is -0.163. The Morgan fingerprint density at radius 1 is 1.35 bits per heavy atom. The first kappa shape index (κ1) is 14.5. The molecule has 3 unspecified atom stereocenters. The highest BCUT2D eigenvalue weighted by atomic mass is 79.9. The van der Waals surface area contributed by atoms with Gasteiger partial charge in [-0.3, -0.25) is 0 Å². The molecule has 3 atom stereocenters. The van der Waals surface area contributed by atoms with Crippen LogP contribution in [0.1, 0.15) is 45.6 Å². The molecule has 1 N–H and O–H groups in total. The van der Waals surface area contributed by atoms with E-state index in [1.165, 1.54) is 25.3 Å². The van der Waals surface area contributed by atoms with Crippen molar-refractivity contribution in [3.63, 3.8) is 0 Å². The van der Waals surface area contributed by atoms with E-state index in [-0.39, 0.29) is 5.82 Å². The lowest BCUT2D eigenvalue weighted by Gasteiger charge is -2.39. The van der Waals surface area contributed by atoms with E-state index < -0.39 is 0 Å². The fraction of sp³-hybridized carbons (Fsp3) is 0.647. The van der Waals surface area contributed by atoms with Gasteiger partial charge >= 0.3 is 0 Å². The minimum absolute atomic E-state index is 0.163. The smallest absolute Gasteiger partial charge is 0.123 e. The van der Waals surface area contributed by atoms with Crippen LogP contribution in [0.3, 0.4) is 0 Å². The van der Waals surface area contributed by atoms with Crippen molar-refractivity contribution in [3.8, 4) is 0 Å². The minimum Gasteiger partial charge on any atom is -0.309 e. The summed E-state index contributed by atoms with van der Waals surface area (Å²) in [6, 6.07) is 5.46. The Labute approximate surface area is 129 Å². The molecule has 0 spiro atoms. The highest BCUT2D eigenvalue weighted by molar-refractivity contribution is 9.10. The van der Waals surface area contributed by atoms with E-state index in [0.29, 0.717) is 16.9 Å². The van der Waals surface area contributed by atoms with Crippen LogP contribution in [0, 0.1) is 22.6 Å². The zero-order valence-electron chi connectivity index (χ0n) is 12.5. The molecule has 0 radical (unpaired) electrons. The van der Waals surface area contributed by atoms with Gasteiger partial charge in [-0.1, -0.05) is 36.7 Å². The highest BCUT2D eigenvalue weighted by Crippen LogP contribution is 2.65. The van der Waals surface area contributed by atoms with Crippen molar-refractivity contribution in [3.05, 3.63) is 34.1 Å². The third kappa shape index (κ3) is 2.05. The molecule has 110 valence electrons. The summed E-state index contributed by atoms with van der Waals surface area (Å²) in [6.45, 7) is 8.01. The largest absolute Gasteiger partial charge is 0.309 e. The first-order valence-corrected chi connectivity index (χ1v) is 8.31. The number of hydrogen-bond acceptors (Lipinski definition) is 1. The first-order valence-electron chi connectivity index (χ1n) is 7.52. The van der Waals surface area contributed by atoms with E-state index in [1.54, 1.807) is 12.1 Å². The summed E-state index contributed by atoms with van der Waals surface area (Å²) in [6.07, 6.45) is 3.94. The molecule has 2 saturated carbocycles. The summed E-state index contributed by atoms with van der Waals surface area (Å²) in [7, 11) is 0. The highest BCUT2D eigenvalue weighted by Gasteiger charge is 2.60. The lowest BCUT2D eigenvalue weighted by Crippen LogP contribution is -2.44. The molecular weight excluding hydrogens is 317 g/mol. The number of hydrogen-bond donors (Lipinski definition) is 1. The van der Waals surface area contributed by atoms with Gasteiger partial charge < -0.3 is 5.32 Å². The number of nitrogens with one attached hydrogen (secondary N) is 1. The van der Waals surface area contributed by atoms with Crippen LogP contribution in [0.4, 0.5) is 4.39 Å². The maximum Gasteiger partial charge on any atom is 0.123 e. The van der Waals surface area contributed by atoms with Gasteiger partial charge in [0, 0.05) is 17.1 Å². The van der Waals surface area contributed by atoms with Crippen molar-refractivity contribution in [1.29, 1.82) is 0 Å². The summed E-state index contributed by atoms with van der Waals surface area (Å²) in [5, 5.41) is 3.70. The van der Waals surface area contributed by atoms with Gasteiger partial charge in [-0.15, -0.1) is 0 Å². The second-order valence-electron chi connectivity index (χ2n) is 7.28. The molecule has 3 heteroatoms. The molecule has 0 heterocycles. The number of halogens is 2. The van der Waals surface area contributed by atoms with Crippen LogP contribution >= 0.6 is 15.9 Å². The fourth-order valence-corrected chi connectivity index (χ4v) is 4.81. The van der Waals surface area contributed by atoms with Crippen LogP contribution in [0.25, 0.3) is 0 Å². The van der Waals surface area contributed by atoms with Crippen molar-refractivity contribution >= 4 is 15.9 Å². The second-order valence-corrected chi connectivity index (χ2v) is 8.13. The van der Waals surface area contributed by atoms with Gasteiger partial charge in [0.15, 0.2) is 0 Å². The van der Waals surface area contributed by atoms with Crippen molar-refractivity contribution in [2.24, 2.45) is 16.7 Å². The summed E-state index contributed by atoms with van der Waals surface area (Å²) in [5.41, 5.74) is 1.80. The number of rotatable bonds is 3. The van der Waals surface area contributed by atoms with Gasteiger partial charge in [-0.2, -0.15) is 0 Å². The van der Waals surface area contributed by atoms with Crippen LogP contribution < -0.4 is 5.32 Å². The quantitative estimate of drug-likeness (QED) is 0.826. The van der Waals surface area contributed by atoms with E-state index in [0.717, 1.165) is 22.5 Å². The Bertz CT molecular complexity index is 528. The molecule has 2 aliphatic rings. The molecule has 1 nitrogen and oxygen atoms in total. The second kappa shape index (κ2) is 4.81. The summed E-state index contributed by atoms with van der Waals surface area (Å²) in [4.78, 5) is 0. The molecule has 1 aromatic carbocycles. The maximum absolute atomic E-state index is 13.3. The Morgan fingerprint density at radius 3 is 2.70 bits per heavy atom. The molecule has 20 heavy (non-hydrogen) atoms. The number of benzene rings is 1. The number of fused-ring (bicyclic) bond motifs is 2. The van der Waals surface area contributed by atoms with Gasteiger partial charge in [0.25, 0.3) is 0 Å². The first-order chi connectivity index (χ1) is 9.34. The average molecular weight is 340 g/mol. The van der Waals surface area contributed by atoms with E-state index in [1.807, 2.05) is 0 Å². The molecule has 1 aromatic rings. The monoisotopic (exact) mass is 339 g/mol. The van der Waals surface area contributed by atoms with Crippen LogP contribution in [-0.2, 0) is 6.54 Å². The Morgan fingerprint density at radius 2 is 2.10 bits per heavy atom. The van der Waals surface area contributed by atoms with E-state index in [4.69, 9.17) is 0 Å². The van der Waals surface area contributed by atoms with E-state index in [2.05, 4.69) is 42.0 Å². The lowest BCUT2D eigenvalue weighted by molar-refractivity contribution is 0.120. The fourth-order valence-electron chi connectivity index (χ4n) is 4.42. The molecule has 0 amide bonds. The van der Waals surface area contributed by atoms with Crippen molar-refractivity contribution in [2.75, 3.05) is 0 Å². The predicted octanol–water partition coefficient (Wildman–Crippen LogP) is 4.89. The lowest BCUT2D eigenvalue weighted by atomic mass is 9.69. The Hall–Kier alpha value is -0.410. The summed E-state index contributed by atoms with van der Waals surface area (Å²) >= 11 is 3.51. The zero-order chi connectivity index (χ0) is 14.5. The Balaban J connectivity index is 1.73. The topological polar surface area (TPSA) is 12.0 Å². The van der Waals surface area contributed by atoms with Gasteiger partial charge in [0.2, 0.25) is 0 Å². The average Bonchev–Trinajstić information content (AvgIpc) is 2.72. The standard InChI is InChI=1S/C17H23BrFN/c1-16(2)12-6-7-17(16,3)15(9-12)20-10-11-8-13(19)4-5-14(11)18/h4-5,8,12,15,20H,6-7,9-10H2,1-3H3. The van der Waals surface area contributed by atoms with Crippen molar-refractivity contribution in [1.82, 2.24) is 5.32 Å². The third-order valence-corrected chi connectivity index (χ3v) is 7.11. The predicted molar refractivity (Wildman–Crippen MR) is 84.0 cm³/mol. The molecule has 3 rings (SSSR count). The van der Waals surface area contributed by atoms with Crippen LogP contribution in [-0.4, -0.2) is 6.04 Å². The van der Waals surface area contributed by atoms with Gasteiger partial charge in [0.1, 0.15) is 5.82 Å². The molecule has 2 bridgehead atoms. The molecular formula is C17H23BrFN. The van der Waals surface area contributed by atoms with E-state index in [9.17, 15) is 4.39 Å². The zero-order valence-corrected chi connectivity index (χ0v) is 14.1. The van der Waals surface area contributed by atoms with Gasteiger partial charge in [-0.05, 0) is 59.8 Å². The van der Waals surface area contributed by atoms with Crippen LogP contribution in [0.5, 0.6) is 0 Å². The normalized spacial score (nSPS) is 34.6. The molecule has 0 aromatic heterocycles. The van der Waals surface area contributed by atoms with Crippen molar-refractivity contribution < 1.29 is 4.39 Å². The Kier molecular flexibility index (Phi) is 3.49. The molecule has 2 aliphatic carbocycles. The van der Waals surface area contributed by atoms with Gasteiger partial charge in [0.05, 0.1) is 0 Å². The molecule has 2 fully saturated rings. The van der Waals surface area contributed by atoms with Gasteiger partial charge in [-0.25, -0.2) is 4.39 Å². The van der Waals surface area contributed by atoms with E-state index >= 15 is 0 Å².